The summed E-state index contributed by atoms with van der Waals surface area (Å²) in [5.41, 5.74) is 3.77. The molecule has 1 aromatic heterocycles. The lowest BCUT2D eigenvalue weighted by Gasteiger charge is -2.15. The van der Waals surface area contributed by atoms with Crippen molar-refractivity contribution in [2.45, 2.75) is 52.9 Å². The Morgan fingerprint density at radius 3 is 2.10 bits per heavy atom. The second kappa shape index (κ2) is 9.03. The number of ether oxygens (including phenoxy) is 1. The fraction of sp³-hybridized carbons (Fsp3) is 0.750. The van der Waals surface area contributed by atoms with E-state index in [1.54, 1.807) is 7.11 Å². The van der Waals surface area contributed by atoms with Gasteiger partial charge in [-0.1, -0.05) is 27.7 Å². The van der Waals surface area contributed by atoms with Gasteiger partial charge < -0.3 is 10.1 Å². The van der Waals surface area contributed by atoms with E-state index >= 15 is 0 Å². The van der Waals surface area contributed by atoms with Crippen molar-refractivity contribution >= 4 is 0 Å². The minimum atomic E-state index is 0.388. The van der Waals surface area contributed by atoms with Gasteiger partial charge in [-0.25, -0.2) is 9.97 Å². The Kier molecular flexibility index (Phi) is 7.70. The lowest BCUT2D eigenvalue weighted by Crippen LogP contribution is -2.23. The molecule has 0 atom stereocenters. The summed E-state index contributed by atoms with van der Waals surface area (Å²) < 4.78 is 5.04. The van der Waals surface area contributed by atoms with Gasteiger partial charge in [-0.15, -0.1) is 0 Å². The summed E-state index contributed by atoms with van der Waals surface area (Å²) in [5, 5.41) is 3.39. The summed E-state index contributed by atoms with van der Waals surface area (Å²) in [7, 11) is 1.73. The molecular weight excluding hydrogens is 250 g/mol. The normalized spacial score (nSPS) is 11.3. The molecule has 1 rings (SSSR count). The Labute approximate surface area is 123 Å². The van der Waals surface area contributed by atoms with Crippen molar-refractivity contribution in [1.82, 2.24) is 15.3 Å². The van der Waals surface area contributed by atoms with Crippen LogP contribution in [-0.2, 0) is 24.0 Å². The third kappa shape index (κ3) is 4.84. The molecule has 0 aromatic carbocycles. The molecule has 0 unspecified atom stereocenters. The average molecular weight is 279 g/mol. The first-order chi connectivity index (χ1) is 9.63. The van der Waals surface area contributed by atoms with Gasteiger partial charge in [0.1, 0.15) is 5.82 Å². The Morgan fingerprint density at radius 2 is 1.65 bits per heavy atom. The highest BCUT2D eigenvalue weighted by molar-refractivity contribution is 5.27. The lowest BCUT2D eigenvalue weighted by molar-refractivity contribution is 0.199. The molecular formula is C16H29N3O. The van der Waals surface area contributed by atoms with E-state index in [2.05, 4.69) is 33.0 Å². The lowest BCUT2D eigenvalue weighted by atomic mass is 10.0. The van der Waals surface area contributed by atoms with Crippen LogP contribution in [0.4, 0.5) is 0 Å². The molecule has 0 saturated carbocycles. The van der Waals surface area contributed by atoms with E-state index in [9.17, 15) is 0 Å². The van der Waals surface area contributed by atoms with Crippen LogP contribution < -0.4 is 5.32 Å². The Balaban J connectivity index is 2.82. The number of nitrogens with zero attached hydrogens (tertiary/aromatic N) is 2. The fourth-order valence-corrected chi connectivity index (χ4v) is 2.25. The molecule has 0 aliphatic carbocycles. The molecule has 4 nitrogen and oxygen atoms in total. The first-order valence-electron chi connectivity index (χ1n) is 7.72. The van der Waals surface area contributed by atoms with Crippen molar-refractivity contribution in [1.29, 1.82) is 0 Å². The van der Waals surface area contributed by atoms with E-state index < -0.39 is 0 Å². The van der Waals surface area contributed by atoms with Gasteiger partial charge >= 0.3 is 0 Å². The highest BCUT2D eigenvalue weighted by Gasteiger charge is 2.13. The van der Waals surface area contributed by atoms with Gasteiger partial charge in [0.2, 0.25) is 0 Å². The first-order valence-corrected chi connectivity index (χ1v) is 7.72. The maximum absolute atomic E-state index is 5.04. The maximum Gasteiger partial charge on any atom is 0.131 e. The van der Waals surface area contributed by atoms with Crippen LogP contribution in [0.15, 0.2) is 0 Å². The standard InChI is InChI=1S/C16H29N3O/c1-6-14-13(8-9-17-10-11-20-5)15(7-2)19-16(18-14)12(3)4/h12,17H,6-11H2,1-5H3. The predicted molar refractivity (Wildman–Crippen MR) is 83.3 cm³/mol. The summed E-state index contributed by atoms with van der Waals surface area (Å²) >= 11 is 0. The Morgan fingerprint density at radius 1 is 1.05 bits per heavy atom. The number of aryl methyl sites for hydroxylation is 2. The molecule has 0 radical (unpaired) electrons. The number of aromatic nitrogens is 2. The summed E-state index contributed by atoms with van der Waals surface area (Å²) in [4.78, 5) is 9.50. The smallest absolute Gasteiger partial charge is 0.131 e. The van der Waals surface area contributed by atoms with E-state index in [4.69, 9.17) is 14.7 Å². The third-order valence-corrected chi connectivity index (χ3v) is 3.42. The second-order valence-corrected chi connectivity index (χ2v) is 5.31. The molecule has 1 N–H and O–H groups in total. The van der Waals surface area contributed by atoms with Crippen molar-refractivity contribution in [3.8, 4) is 0 Å². The van der Waals surface area contributed by atoms with E-state index in [1.165, 1.54) is 17.0 Å². The second-order valence-electron chi connectivity index (χ2n) is 5.31. The zero-order chi connectivity index (χ0) is 15.0. The summed E-state index contributed by atoms with van der Waals surface area (Å²) in [6.07, 6.45) is 2.94. The quantitative estimate of drug-likeness (QED) is 0.706. The van der Waals surface area contributed by atoms with E-state index in [0.29, 0.717) is 5.92 Å². The SMILES string of the molecule is CCc1nc(C(C)C)nc(CC)c1CCNCCOC. The molecule has 0 amide bonds. The van der Waals surface area contributed by atoms with Gasteiger partial charge in [-0.05, 0) is 31.4 Å². The van der Waals surface area contributed by atoms with Crippen molar-refractivity contribution in [3.05, 3.63) is 22.8 Å². The first kappa shape index (κ1) is 17.1. The van der Waals surface area contributed by atoms with Crippen LogP contribution >= 0.6 is 0 Å². The minimum Gasteiger partial charge on any atom is -0.383 e. The zero-order valence-corrected chi connectivity index (χ0v) is 13.6. The molecule has 0 fully saturated rings. The monoisotopic (exact) mass is 279 g/mol. The van der Waals surface area contributed by atoms with Crippen LogP contribution in [0.3, 0.4) is 0 Å². The number of rotatable bonds is 9. The molecule has 1 aromatic rings. The van der Waals surface area contributed by atoms with Crippen LogP contribution in [-0.4, -0.2) is 36.8 Å². The molecule has 0 saturated heterocycles. The van der Waals surface area contributed by atoms with Crippen molar-refractivity contribution < 1.29 is 4.74 Å². The Hall–Kier alpha value is -1.00. The van der Waals surface area contributed by atoms with Crippen molar-refractivity contribution in [3.63, 3.8) is 0 Å². The largest absolute Gasteiger partial charge is 0.383 e. The molecule has 0 aliphatic heterocycles. The Bertz CT molecular complexity index is 380. The van der Waals surface area contributed by atoms with Crippen LogP contribution in [0.25, 0.3) is 0 Å². The van der Waals surface area contributed by atoms with E-state index in [0.717, 1.165) is 44.8 Å². The van der Waals surface area contributed by atoms with Crippen LogP contribution in [0.1, 0.15) is 56.4 Å². The topological polar surface area (TPSA) is 47.0 Å². The van der Waals surface area contributed by atoms with E-state index in [1.807, 2.05) is 0 Å². The molecule has 4 heteroatoms. The highest BCUT2D eigenvalue weighted by atomic mass is 16.5. The van der Waals surface area contributed by atoms with E-state index in [-0.39, 0.29) is 0 Å². The van der Waals surface area contributed by atoms with Crippen LogP contribution in [0, 0.1) is 0 Å². The number of methoxy groups -OCH3 is 1. The van der Waals surface area contributed by atoms with Crippen molar-refractivity contribution in [2.75, 3.05) is 26.8 Å². The van der Waals surface area contributed by atoms with Crippen LogP contribution in [0.2, 0.25) is 0 Å². The maximum atomic E-state index is 5.04. The highest BCUT2D eigenvalue weighted by Crippen LogP contribution is 2.18. The number of nitrogens with one attached hydrogen (secondary N) is 1. The fourth-order valence-electron chi connectivity index (χ4n) is 2.25. The van der Waals surface area contributed by atoms with Gasteiger partial charge in [-0.2, -0.15) is 0 Å². The van der Waals surface area contributed by atoms with Gasteiger partial charge in [0.25, 0.3) is 0 Å². The molecule has 114 valence electrons. The van der Waals surface area contributed by atoms with Gasteiger partial charge in [0.15, 0.2) is 0 Å². The van der Waals surface area contributed by atoms with Gasteiger partial charge in [0.05, 0.1) is 6.61 Å². The predicted octanol–water partition coefficient (Wildman–Crippen LogP) is 2.50. The van der Waals surface area contributed by atoms with Gasteiger partial charge in [-0.3, -0.25) is 0 Å². The zero-order valence-electron chi connectivity index (χ0n) is 13.6. The van der Waals surface area contributed by atoms with Crippen LogP contribution in [0.5, 0.6) is 0 Å². The minimum absolute atomic E-state index is 0.388. The summed E-state index contributed by atoms with van der Waals surface area (Å²) in [5.74, 6) is 1.37. The molecule has 0 bridgehead atoms. The third-order valence-electron chi connectivity index (χ3n) is 3.42. The number of hydrogen-bond donors (Lipinski definition) is 1. The summed E-state index contributed by atoms with van der Waals surface area (Å²) in [6, 6.07) is 0. The number of hydrogen-bond acceptors (Lipinski definition) is 4. The molecule has 0 aliphatic rings. The molecule has 20 heavy (non-hydrogen) atoms. The van der Waals surface area contributed by atoms with Crippen molar-refractivity contribution in [2.24, 2.45) is 0 Å². The summed E-state index contributed by atoms with van der Waals surface area (Å²) in [6.45, 7) is 11.3. The molecule has 1 heterocycles. The molecule has 0 spiro atoms. The average Bonchev–Trinajstić information content (AvgIpc) is 2.46. The van der Waals surface area contributed by atoms with Gasteiger partial charge in [0, 0.05) is 31.0 Å².